The second-order valence-electron chi connectivity index (χ2n) is 6.93. The molecule has 0 aromatic heterocycles. The summed E-state index contributed by atoms with van der Waals surface area (Å²) in [7, 11) is 2.98. The Balaban J connectivity index is 2.18. The largest absolute Gasteiger partial charge is 0.491 e. The summed E-state index contributed by atoms with van der Waals surface area (Å²) in [6, 6.07) is 9.71. The maximum absolute atomic E-state index is 13.0. The third kappa shape index (κ3) is 6.10. The second kappa shape index (κ2) is 11.4. The molecule has 2 aromatic carbocycles. The first-order valence-electron chi connectivity index (χ1n) is 9.79. The van der Waals surface area contributed by atoms with E-state index in [2.05, 4.69) is 0 Å². The Morgan fingerprint density at radius 1 is 1.10 bits per heavy atom. The van der Waals surface area contributed by atoms with Crippen LogP contribution in [0.5, 0.6) is 11.5 Å². The lowest BCUT2D eigenvalue weighted by molar-refractivity contribution is -0.385. The zero-order valence-electron chi connectivity index (χ0n) is 17.5. The molecule has 30 heavy (non-hydrogen) atoms. The number of nitro benzene ring substituents is 1. The number of amides is 1. The molecular formula is C22H27ClN2O5. The molecule has 0 aliphatic carbocycles. The van der Waals surface area contributed by atoms with Crippen molar-refractivity contribution >= 4 is 28.9 Å². The van der Waals surface area contributed by atoms with Crippen LogP contribution in [0.25, 0.3) is 0 Å². The van der Waals surface area contributed by atoms with Crippen molar-refractivity contribution in [1.29, 1.82) is 0 Å². The predicted octanol–water partition coefficient (Wildman–Crippen LogP) is 5.37. The smallest absolute Gasteiger partial charge is 0.310 e. The van der Waals surface area contributed by atoms with Crippen molar-refractivity contribution in [3.8, 4) is 11.5 Å². The first kappa shape index (κ1) is 23.5. The highest BCUT2D eigenvalue weighted by atomic mass is 35.5. The fraction of sp³-hybridized carbons (Fsp3) is 0.409. The number of carbonyl (C=O) groups excluding carboxylic acids is 1. The predicted molar refractivity (Wildman–Crippen MR) is 118 cm³/mol. The van der Waals surface area contributed by atoms with Gasteiger partial charge < -0.3 is 14.4 Å². The first-order valence-corrected chi connectivity index (χ1v) is 10.3. The van der Waals surface area contributed by atoms with Gasteiger partial charge in [-0.15, -0.1) is 11.6 Å². The minimum atomic E-state index is -0.546. The Morgan fingerprint density at radius 2 is 1.83 bits per heavy atom. The summed E-state index contributed by atoms with van der Waals surface area (Å²) in [5.41, 5.74) is 1.75. The average Bonchev–Trinajstić information content (AvgIpc) is 2.74. The zero-order valence-corrected chi connectivity index (χ0v) is 18.3. The maximum Gasteiger partial charge on any atom is 0.310 e. The number of ether oxygens (including phenoxy) is 2. The van der Waals surface area contributed by atoms with E-state index in [-0.39, 0.29) is 22.9 Å². The third-order valence-corrected chi connectivity index (χ3v) is 4.96. The fourth-order valence-corrected chi connectivity index (χ4v) is 3.20. The number of aryl methyl sites for hydroxylation is 1. The number of carbonyl (C=O) groups is 1. The van der Waals surface area contributed by atoms with Gasteiger partial charge in [0.25, 0.3) is 5.91 Å². The summed E-state index contributed by atoms with van der Waals surface area (Å²) in [5.74, 6) is 1.01. The minimum absolute atomic E-state index is 0.0385. The fourth-order valence-electron chi connectivity index (χ4n) is 3.01. The molecule has 162 valence electrons. The van der Waals surface area contributed by atoms with Crippen molar-refractivity contribution in [2.45, 2.75) is 32.6 Å². The number of anilines is 1. The van der Waals surface area contributed by atoms with Crippen LogP contribution in [0.4, 0.5) is 11.4 Å². The summed E-state index contributed by atoms with van der Waals surface area (Å²) in [6.45, 7) is 2.51. The van der Waals surface area contributed by atoms with E-state index in [1.165, 1.54) is 30.2 Å². The molecule has 0 bridgehead atoms. The van der Waals surface area contributed by atoms with Crippen LogP contribution < -0.4 is 14.4 Å². The second-order valence-corrected chi connectivity index (χ2v) is 7.31. The van der Waals surface area contributed by atoms with E-state index in [4.69, 9.17) is 21.1 Å². The van der Waals surface area contributed by atoms with Crippen LogP contribution in [0.1, 0.15) is 41.6 Å². The standard InChI is InChI=1S/C22H27ClN2O5/c1-16-8-10-18(21(14-16)30-13-7-5-4-6-12-23)24(2)22(26)17-9-11-19(25(27)28)20(15-17)29-3/h8-11,14-15H,4-7,12-13H2,1-3H3. The molecule has 0 radical (unpaired) electrons. The number of nitrogens with zero attached hydrogens (tertiary/aromatic N) is 2. The molecule has 0 saturated heterocycles. The van der Waals surface area contributed by atoms with Gasteiger partial charge in [-0.25, -0.2) is 0 Å². The van der Waals surface area contributed by atoms with Gasteiger partial charge in [-0.2, -0.15) is 0 Å². The van der Waals surface area contributed by atoms with E-state index in [0.29, 0.717) is 23.9 Å². The molecule has 0 atom stereocenters. The summed E-state index contributed by atoms with van der Waals surface area (Å²) >= 11 is 5.70. The molecule has 8 heteroatoms. The Kier molecular flexibility index (Phi) is 8.92. The van der Waals surface area contributed by atoms with Gasteiger partial charge in [0.2, 0.25) is 0 Å². The number of unbranched alkanes of at least 4 members (excludes halogenated alkanes) is 3. The third-order valence-electron chi connectivity index (χ3n) is 4.69. The first-order chi connectivity index (χ1) is 14.4. The highest BCUT2D eigenvalue weighted by molar-refractivity contribution is 6.17. The van der Waals surface area contributed by atoms with Crippen LogP contribution in [0.2, 0.25) is 0 Å². The van der Waals surface area contributed by atoms with Crippen molar-refractivity contribution in [1.82, 2.24) is 0 Å². The molecule has 0 saturated carbocycles. The van der Waals surface area contributed by atoms with Gasteiger partial charge in [-0.05, 0) is 43.5 Å². The van der Waals surface area contributed by atoms with E-state index < -0.39 is 4.92 Å². The average molecular weight is 435 g/mol. The van der Waals surface area contributed by atoms with Gasteiger partial charge in [0, 0.05) is 30.6 Å². The quantitative estimate of drug-likeness (QED) is 0.205. The van der Waals surface area contributed by atoms with Crippen LogP contribution in [0, 0.1) is 17.0 Å². The van der Waals surface area contributed by atoms with E-state index in [0.717, 1.165) is 31.2 Å². The van der Waals surface area contributed by atoms with Crippen LogP contribution in [0.15, 0.2) is 36.4 Å². The zero-order chi connectivity index (χ0) is 22.1. The Morgan fingerprint density at radius 3 is 2.50 bits per heavy atom. The van der Waals surface area contributed by atoms with Crippen molar-refractivity contribution in [3.05, 3.63) is 57.6 Å². The number of rotatable bonds is 11. The summed E-state index contributed by atoms with van der Waals surface area (Å²) in [6.07, 6.45) is 3.99. The Hall–Kier alpha value is -2.80. The van der Waals surface area contributed by atoms with E-state index in [9.17, 15) is 14.9 Å². The number of hydrogen-bond acceptors (Lipinski definition) is 5. The number of halogens is 1. The van der Waals surface area contributed by atoms with Gasteiger partial charge in [-0.3, -0.25) is 14.9 Å². The lowest BCUT2D eigenvalue weighted by Crippen LogP contribution is -2.27. The molecule has 0 fully saturated rings. The normalized spacial score (nSPS) is 10.5. The molecule has 2 aromatic rings. The lowest BCUT2D eigenvalue weighted by Gasteiger charge is -2.21. The van der Waals surface area contributed by atoms with Gasteiger partial charge in [0.1, 0.15) is 5.75 Å². The SMILES string of the molecule is COc1cc(C(=O)N(C)c2ccc(C)cc2OCCCCCCCl)ccc1[N+](=O)[O-]. The highest BCUT2D eigenvalue weighted by Gasteiger charge is 2.22. The van der Waals surface area contributed by atoms with Gasteiger partial charge >= 0.3 is 5.69 Å². The molecule has 1 amide bonds. The van der Waals surface area contributed by atoms with Gasteiger partial charge in [0.15, 0.2) is 5.75 Å². The van der Waals surface area contributed by atoms with Gasteiger partial charge in [0.05, 0.1) is 24.3 Å². The summed E-state index contributed by atoms with van der Waals surface area (Å²) < 4.78 is 11.0. The van der Waals surface area contributed by atoms with Gasteiger partial charge in [-0.1, -0.05) is 18.9 Å². The number of nitro groups is 1. The molecule has 0 spiro atoms. The highest BCUT2D eigenvalue weighted by Crippen LogP contribution is 2.32. The van der Waals surface area contributed by atoms with Crippen LogP contribution in [-0.4, -0.2) is 37.5 Å². The minimum Gasteiger partial charge on any atom is -0.491 e. The van der Waals surface area contributed by atoms with Crippen molar-refractivity contribution in [3.63, 3.8) is 0 Å². The maximum atomic E-state index is 13.0. The van der Waals surface area contributed by atoms with Crippen molar-refractivity contribution in [2.75, 3.05) is 31.5 Å². The number of alkyl halides is 1. The molecule has 2 rings (SSSR count). The topological polar surface area (TPSA) is 81.9 Å². The van der Waals surface area contributed by atoms with Crippen LogP contribution in [0.3, 0.4) is 0 Å². The van der Waals surface area contributed by atoms with E-state index in [1.54, 1.807) is 7.05 Å². The van der Waals surface area contributed by atoms with Crippen LogP contribution in [-0.2, 0) is 0 Å². The monoisotopic (exact) mass is 434 g/mol. The number of hydrogen-bond donors (Lipinski definition) is 0. The Labute approximate surface area is 181 Å². The van der Waals surface area contributed by atoms with Crippen molar-refractivity contribution in [2.24, 2.45) is 0 Å². The van der Waals surface area contributed by atoms with E-state index in [1.807, 2.05) is 25.1 Å². The molecule has 0 aliphatic heterocycles. The lowest BCUT2D eigenvalue weighted by atomic mass is 10.1. The summed E-state index contributed by atoms with van der Waals surface area (Å²) in [5, 5.41) is 11.1. The van der Waals surface area contributed by atoms with Crippen LogP contribution >= 0.6 is 11.6 Å². The number of benzene rings is 2. The molecule has 0 unspecified atom stereocenters. The van der Waals surface area contributed by atoms with E-state index >= 15 is 0 Å². The molecule has 7 nitrogen and oxygen atoms in total. The molecular weight excluding hydrogens is 408 g/mol. The number of methoxy groups -OCH3 is 1. The van der Waals surface area contributed by atoms with Crippen molar-refractivity contribution < 1.29 is 19.2 Å². The molecule has 0 N–H and O–H groups in total. The summed E-state index contributed by atoms with van der Waals surface area (Å²) in [4.78, 5) is 25.0. The molecule has 0 heterocycles. The Bertz CT molecular complexity index is 888. The molecule has 0 aliphatic rings.